The number of carbonyl (C=O) groups is 2. The quantitative estimate of drug-likeness (QED) is 0.868. The summed E-state index contributed by atoms with van der Waals surface area (Å²) in [5, 5.41) is 11.9. The minimum absolute atomic E-state index is 0.152. The molecule has 1 aromatic carbocycles. The smallest absolute Gasteiger partial charge is 0.335 e. The molecule has 108 valence electrons. The molecule has 0 unspecified atom stereocenters. The lowest BCUT2D eigenvalue weighted by Gasteiger charge is -2.20. The minimum Gasteiger partial charge on any atom is -0.478 e. The zero-order chi connectivity index (χ0) is 14.4. The van der Waals surface area contributed by atoms with Crippen LogP contribution in [0.3, 0.4) is 0 Å². The van der Waals surface area contributed by atoms with E-state index in [-0.39, 0.29) is 11.8 Å². The van der Waals surface area contributed by atoms with Crippen molar-refractivity contribution >= 4 is 11.9 Å². The Hall–Kier alpha value is -1.84. The number of carboxylic acids is 1. The summed E-state index contributed by atoms with van der Waals surface area (Å²) in [6, 6.07) is 6.86. The summed E-state index contributed by atoms with van der Waals surface area (Å²) < 4.78 is 0. The molecule has 2 N–H and O–H groups in total. The summed E-state index contributed by atoms with van der Waals surface area (Å²) in [6.07, 6.45) is 6.21. The standard InChI is InChI=1S/C16H21NO3/c18-15(13-6-2-1-3-7-13)17-10-9-12-5-4-8-14(11-12)16(19)20/h4-5,8,11,13H,1-3,6-7,9-10H2,(H,17,18)(H,19,20). The van der Waals surface area contributed by atoms with E-state index >= 15 is 0 Å². The summed E-state index contributed by atoms with van der Waals surface area (Å²) in [7, 11) is 0. The largest absolute Gasteiger partial charge is 0.478 e. The molecule has 20 heavy (non-hydrogen) atoms. The molecule has 2 rings (SSSR count). The first-order valence-electron chi connectivity index (χ1n) is 7.27. The average molecular weight is 275 g/mol. The molecule has 0 aliphatic heterocycles. The van der Waals surface area contributed by atoms with Crippen molar-refractivity contribution in [1.29, 1.82) is 0 Å². The van der Waals surface area contributed by atoms with Gasteiger partial charge in [0.25, 0.3) is 0 Å². The van der Waals surface area contributed by atoms with Gasteiger partial charge in [-0.2, -0.15) is 0 Å². The van der Waals surface area contributed by atoms with Crippen LogP contribution in [0.1, 0.15) is 48.0 Å². The van der Waals surface area contributed by atoms with Crippen LogP contribution in [0.5, 0.6) is 0 Å². The topological polar surface area (TPSA) is 66.4 Å². The Balaban J connectivity index is 1.79. The highest BCUT2D eigenvalue weighted by atomic mass is 16.4. The maximum Gasteiger partial charge on any atom is 0.335 e. The molecule has 4 nitrogen and oxygen atoms in total. The van der Waals surface area contributed by atoms with Gasteiger partial charge in [0, 0.05) is 12.5 Å². The van der Waals surface area contributed by atoms with E-state index < -0.39 is 5.97 Å². The Bertz CT molecular complexity index is 478. The van der Waals surface area contributed by atoms with Crippen molar-refractivity contribution in [2.45, 2.75) is 38.5 Å². The maximum atomic E-state index is 12.0. The van der Waals surface area contributed by atoms with Gasteiger partial charge in [0.05, 0.1) is 5.56 Å². The molecule has 4 heteroatoms. The fourth-order valence-electron chi connectivity index (χ4n) is 2.70. The summed E-state index contributed by atoms with van der Waals surface area (Å²) in [5.41, 5.74) is 1.23. The van der Waals surface area contributed by atoms with Crippen LogP contribution in [0.2, 0.25) is 0 Å². The van der Waals surface area contributed by atoms with Crippen molar-refractivity contribution in [3.63, 3.8) is 0 Å². The Morgan fingerprint density at radius 1 is 1.20 bits per heavy atom. The SMILES string of the molecule is O=C(O)c1cccc(CCNC(=O)C2CCCCC2)c1. The van der Waals surface area contributed by atoms with Gasteiger partial charge >= 0.3 is 5.97 Å². The molecule has 0 aromatic heterocycles. The van der Waals surface area contributed by atoms with Crippen LogP contribution in [-0.4, -0.2) is 23.5 Å². The van der Waals surface area contributed by atoms with Crippen molar-refractivity contribution in [2.24, 2.45) is 5.92 Å². The van der Waals surface area contributed by atoms with Crippen molar-refractivity contribution < 1.29 is 14.7 Å². The number of carbonyl (C=O) groups excluding carboxylic acids is 1. The molecule has 0 radical (unpaired) electrons. The summed E-state index contributed by atoms with van der Waals surface area (Å²) >= 11 is 0. The highest BCUT2D eigenvalue weighted by Gasteiger charge is 2.20. The third-order valence-corrected chi connectivity index (χ3v) is 3.86. The van der Waals surface area contributed by atoms with Crippen LogP contribution in [-0.2, 0) is 11.2 Å². The molecule has 1 aliphatic rings. The number of hydrogen-bond donors (Lipinski definition) is 2. The van der Waals surface area contributed by atoms with Crippen LogP contribution in [0.4, 0.5) is 0 Å². The predicted molar refractivity (Wildman–Crippen MR) is 76.7 cm³/mol. The van der Waals surface area contributed by atoms with Crippen molar-refractivity contribution in [2.75, 3.05) is 6.54 Å². The third kappa shape index (κ3) is 4.08. The lowest BCUT2D eigenvalue weighted by molar-refractivity contribution is -0.125. The second-order valence-electron chi connectivity index (χ2n) is 5.38. The van der Waals surface area contributed by atoms with Crippen molar-refractivity contribution in [1.82, 2.24) is 5.32 Å². The van der Waals surface area contributed by atoms with Crippen LogP contribution in [0.15, 0.2) is 24.3 Å². The summed E-state index contributed by atoms with van der Waals surface area (Å²) in [4.78, 5) is 22.8. The number of nitrogens with one attached hydrogen (secondary N) is 1. The Morgan fingerprint density at radius 2 is 1.95 bits per heavy atom. The first-order chi connectivity index (χ1) is 9.66. The molecule has 1 aliphatic carbocycles. The summed E-state index contributed by atoms with van der Waals surface area (Å²) in [6.45, 7) is 0.568. The molecular weight excluding hydrogens is 254 g/mol. The second kappa shape index (κ2) is 7.08. The monoisotopic (exact) mass is 275 g/mol. The van der Waals surface area contributed by atoms with Crippen LogP contribution < -0.4 is 5.32 Å². The Kier molecular flexibility index (Phi) is 5.16. The molecular formula is C16H21NO3. The lowest BCUT2D eigenvalue weighted by Crippen LogP contribution is -2.33. The lowest BCUT2D eigenvalue weighted by atomic mass is 9.88. The highest BCUT2D eigenvalue weighted by Crippen LogP contribution is 2.23. The molecule has 0 atom stereocenters. The van der Waals surface area contributed by atoms with E-state index in [1.807, 2.05) is 6.07 Å². The number of amides is 1. The molecule has 0 heterocycles. The third-order valence-electron chi connectivity index (χ3n) is 3.86. The first kappa shape index (κ1) is 14.6. The maximum absolute atomic E-state index is 12.0. The number of rotatable bonds is 5. The van der Waals surface area contributed by atoms with Crippen LogP contribution >= 0.6 is 0 Å². The fourth-order valence-corrected chi connectivity index (χ4v) is 2.70. The van der Waals surface area contributed by atoms with Crippen molar-refractivity contribution in [3.8, 4) is 0 Å². The number of hydrogen-bond acceptors (Lipinski definition) is 2. The molecule has 0 spiro atoms. The average Bonchev–Trinajstić information content (AvgIpc) is 2.48. The van der Waals surface area contributed by atoms with Crippen molar-refractivity contribution in [3.05, 3.63) is 35.4 Å². The molecule has 0 bridgehead atoms. The molecule has 1 aromatic rings. The van der Waals surface area contributed by atoms with Gasteiger partial charge in [0.2, 0.25) is 5.91 Å². The van der Waals surface area contributed by atoms with Gasteiger partial charge in [-0.15, -0.1) is 0 Å². The van der Waals surface area contributed by atoms with E-state index in [1.54, 1.807) is 18.2 Å². The molecule has 0 saturated heterocycles. The van der Waals surface area contributed by atoms with Gasteiger partial charge in [-0.1, -0.05) is 31.4 Å². The van der Waals surface area contributed by atoms with E-state index in [2.05, 4.69) is 5.32 Å². The predicted octanol–water partition coefficient (Wildman–Crippen LogP) is 2.62. The van der Waals surface area contributed by atoms with Gasteiger partial charge in [-0.25, -0.2) is 4.79 Å². The van der Waals surface area contributed by atoms with E-state index in [0.29, 0.717) is 18.5 Å². The van der Waals surface area contributed by atoms with Gasteiger partial charge in [0.15, 0.2) is 0 Å². The number of benzene rings is 1. The van der Waals surface area contributed by atoms with Gasteiger partial charge < -0.3 is 10.4 Å². The minimum atomic E-state index is -0.918. The van der Waals surface area contributed by atoms with E-state index in [1.165, 1.54) is 6.42 Å². The first-order valence-corrected chi connectivity index (χ1v) is 7.27. The molecule has 1 amide bonds. The van der Waals surface area contributed by atoms with E-state index in [0.717, 1.165) is 31.2 Å². The summed E-state index contributed by atoms with van der Waals surface area (Å²) in [5.74, 6) is -0.591. The number of aromatic carboxylic acids is 1. The Labute approximate surface area is 119 Å². The normalized spacial score (nSPS) is 15.8. The van der Waals surface area contributed by atoms with Gasteiger partial charge in [-0.05, 0) is 37.0 Å². The van der Waals surface area contributed by atoms with Gasteiger partial charge in [0.1, 0.15) is 0 Å². The highest BCUT2D eigenvalue weighted by molar-refractivity contribution is 5.87. The molecule has 1 fully saturated rings. The fraction of sp³-hybridized carbons (Fsp3) is 0.500. The Morgan fingerprint density at radius 3 is 2.65 bits per heavy atom. The van der Waals surface area contributed by atoms with Crippen LogP contribution in [0.25, 0.3) is 0 Å². The molecule has 1 saturated carbocycles. The zero-order valence-corrected chi connectivity index (χ0v) is 11.6. The van der Waals surface area contributed by atoms with Crippen LogP contribution in [0, 0.1) is 5.92 Å². The second-order valence-corrected chi connectivity index (χ2v) is 5.38. The van der Waals surface area contributed by atoms with Gasteiger partial charge in [-0.3, -0.25) is 4.79 Å². The van der Waals surface area contributed by atoms with E-state index in [4.69, 9.17) is 5.11 Å². The zero-order valence-electron chi connectivity index (χ0n) is 11.6. The van der Waals surface area contributed by atoms with E-state index in [9.17, 15) is 9.59 Å². The number of carboxylic acid groups (broad SMARTS) is 1.